The van der Waals surface area contributed by atoms with Gasteiger partial charge < -0.3 is 15.3 Å². The van der Waals surface area contributed by atoms with E-state index in [2.05, 4.69) is 5.32 Å². The maximum atomic E-state index is 11.8. The summed E-state index contributed by atoms with van der Waals surface area (Å²) in [6.07, 6.45) is 0. The lowest BCUT2D eigenvalue weighted by Crippen LogP contribution is -2.54. The topological polar surface area (TPSA) is 93.4 Å². The van der Waals surface area contributed by atoms with Crippen molar-refractivity contribution in [2.24, 2.45) is 5.92 Å². The summed E-state index contributed by atoms with van der Waals surface area (Å²) in [4.78, 5) is 23.8. The van der Waals surface area contributed by atoms with Crippen LogP contribution in [-0.4, -0.2) is 35.1 Å². The van der Waals surface area contributed by atoms with Crippen molar-refractivity contribution < 1.29 is 14.7 Å². The normalized spacial score (nSPS) is 14.4. The Morgan fingerprint density at radius 3 is 2.68 bits per heavy atom. The van der Waals surface area contributed by atoms with E-state index in [0.717, 1.165) is 0 Å². The molecule has 0 radical (unpaired) electrons. The van der Waals surface area contributed by atoms with E-state index in [1.54, 1.807) is 0 Å². The molecule has 98 valence electrons. The number of nitrogens with one attached hydrogen (secondary N) is 1. The van der Waals surface area contributed by atoms with Crippen molar-refractivity contribution in [2.75, 3.05) is 18.4 Å². The Hall–Kier alpha value is -2.26. The van der Waals surface area contributed by atoms with Gasteiger partial charge >= 0.3 is 12.0 Å². The first-order valence-electron chi connectivity index (χ1n) is 5.49. The third-order valence-electron chi connectivity index (χ3n) is 2.86. The van der Waals surface area contributed by atoms with Gasteiger partial charge in [0.2, 0.25) is 0 Å². The highest BCUT2D eigenvalue weighted by Gasteiger charge is 2.35. The molecule has 1 aromatic carbocycles. The number of nitriles is 1. The number of nitrogens with zero attached hydrogens (tertiary/aromatic N) is 2. The van der Waals surface area contributed by atoms with Crippen LogP contribution in [0.4, 0.5) is 10.5 Å². The molecule has 0 aliphatic carbocycles. The minimum absolute atomic E-state index is 0.190. The van der Waals surface area contributed by atoms with Crippen molar-refractivity contribution in [3.63, 3.8) is 0 Å². The Balaban J connectivity index is 1.97. The molecule has 0 bridgehead atoms. The van der Waals surface area contributed by atoms with Crippen molar-refractivity contribution in [1.29, 1.82) is 5.26 Å². The quantitative estimate of drug-likeness (QED) is 0.862. The third-order valence-corrected chi connectivity index (χ3v) is 3.17. The van der Waals surface area contributed by atoms with Gasteiger partial charge in [0.25, 0.3) is 0 Å². The Morgan fingerprint density at radius 1 is 1.47 bits per heavy atom. The zero-order chi connectivity index (χ0) is 14.0. The fourth-order valence-electron chi connectivity index (χ4n) is 1.68. The summed E-state index contributed by atoms with van der Waals surface area (Å²) in [5.74, 6) is -1.40. The predicted molar refractivity (Wildman–Crippen MR) is 67.9 cm³/mol. The molecule has 19 heavy (non-hydrogen) atoms. The molecule has 2 rings (SSSR count). The van der Waals surface area contributed by atoms with Crippen LogP contribution >= 0.6 is 11.6 Å². The number of anilines is 1. The lowest BCUT2D eigenvalue weighted by atomic mass is 10.0. The fraction of sp³-hybridized carbons (Fsp3) is 0.250. The average molecular weight is 280 g/mol. The number of rotatable bonds is 2. The summed E-state index contributed by atoms with van der Waals surface area (Å²) < 4.78 is 0. The van der Waals surface area contributed by atoms with Gasteiger partial charge in [0.15, 0.2) is 0 Å². The highest BCUT2D eigenvalue weighted by molar-refractivity contribution is 6.33. The molecule has 7 heteroatoms. The van der Waals surface area contributed by atoms with Crippen LogP contribution in [0, 0.1) is 17.2 Å². The first-order chi connectivity index (χ1) is 9.01. The van der Waals surface area contributed by atoms with Gasteiger partial charge in [0, 0.05) is 13.1 Å². The van der Waals surface area contributed by atoms with Crippen LogP contribution in [-0.2, 0) is 4.79 Å². The van der Waals surface area contributed by atoms with E-state index in [4.69, 9.17) is 22.0 Å². The third kappa shape index (κ3) is 2.77. The van der Waals surface area contributed by atoms with Gasteiger partial charge in [0.05, 0.1) is 28.3 Å². The van der Waals surface area contributed by atoms with Crippen LogP contribution in [0.5, 0.6) is 0 Å². The second-order valence-corrected chi connectivity index (χ2v) is 4.58. The first kappa shape index (κ1) is 13.2. The van der Waals surface area contributed by atoms with Crippen LogP contribution in [0.25, 0.3) is 0 Å². The number of likely N-dealkylation sites (tertiary alicyclic amines) is 1. The van der Waals surface area contributed by atoms with Gasteiger partial charge in [0.1, 0.15) is 0 Å². The highest BCUT2D eigenvalue weighted by Crippen LogP contribution is 2.24. The number of aliphatic carboxylic acids is 1. The summed E-state index contributed by atoms with van der Waals surface area (Å²) >= 11 is 5.92. The lowest BCUT2D eigenvalue weighted by Gasteiger charge is -2.36. The van der Waals surface area contributed by atoms with E-state index < -0.39 is 17.9 Å². The summed E-state index contributed by atoms with van der Waals surface area (Å²) in [6.45, 7) is 0.379. The van der Waals surface area contributed by atoms with Gasteiger partial charge in [-0.05, 0) is 18.2 Å². The second kappa shape index (κ2) is 5.16. The number of benzene rings is 1. The number of carbonyl (C=O) groups is 2. The van der Waals surface area contributed by atoms with Crippen LogP contribution in [0.1, 0.15) is 5.56 Å². The molecule has 1 aromatic rings. The number of hydrogen-bond acceptors (Lipinski definition) is 3. The van der Waals surface area contributed by atoms with Crippen LogP contribution < -0.4 is 5.32 Å². The lowest BCUT2D eigenvalue weighted by molar-refractivity contribution is -0.145. The molecule has 0 atom stereocenters. The Labute approximate surface area is 114 Å². The van der Waals surface area contributed by atoms with Gasteiger partial charge in [-0.1, -0.05) is 11.6 Å². The van der Waals surface area contributed by atoms with Crippen molar-refractivity contribution in [2.45, 2.75) is 0 Å². The molecule has 0 spiro atoms. The molecule has 1 aliphatic rings. The molecule has 0 saturated carbocycles. The fourth-order valence-corrected chi connectivity index (χ4v) is 1.91. The second-order valence-electron chi connectivity index (χ2n) is 4.18. The number of carboxylic acids is 1. The molecule has 2 N–H and O–H groups in total. The van der Waals surface area contributed by atoms with Crippen LogP contribution in [0.15, 0.2) is 18.2 Å². The summed E-state index contributed by atoms with van der Waals surface area (Å²) in [5.41, 5.74) is 0.794. The molecule has 1 aliphatic heterocycles. The maximum absolute atomic E-state index is 11.8. The molecule has 0 aromatic heterocycles. The number of hydrogen-bond donors (Lipinski definition) is 2. The van der Waals surface area contributed by atoms with Gasteiger partial charge in [-0.15, -0.1) is 0 Å². The smallest absolute Gasteiger partial charge is 0.321 e. The number of urea groups is 1. The number of carboxylic acid groups (broad SMARTS) is 1. The van der Waals surface area contributed by atoms with Gasteiger partial charge in [-0.25, -0.2) is 4.79 Å². The molecule has 1 fully saturated rings. The van der Waals surface area contributed by atoms with Crippen LogP contribution in [0.3, 0.4) is 0 Å². The largest absolute Gasteiger partial charge is 0.481 e. The zero-order valence-corrected chi connectivity index (χ0v) is 10.5. The summed E-state index contributed by atoms with van der Waals surface area (Å²) in [7, 11) is 0. The maximum Gasteiger partial charge on any atom is 0.321 e. The number of halogens is 1. The predicted octanol–water partition coefficient (Wildman–Crippen LogP) is 1.76. The van der Waals surface area contributed by atoms with E-state index in [1.807, 2.05) is 6.07 Å². The number of carbonyl (C=O) groups excluding carboxylic acids is 1. The van der Waals surface area contributed by atoms with E-state index in [0.29, 0.717) is 11.3 Å². The molecule has 1 saturated heterocycles. The van der Waals surface area contributed by atoms with E-state index in [-0.39, 0.29) is 18.1 Å². The van der Waals surface area contributed by atoms with Crippen LogP contribution in [0.2, 0.25) is 5.02 Å². The summed E-state index contributed by atoms with van der Waals surface area (Å²) in [5, 5.41) is 20.2. The standard InChI is InChI=1S/C12H10ClN3O3/c13-9-3-7(4-14)1-2-10(9)15-12(19)16-5-8(6-16)11(17)18/h1-3,8H,5-6H2,(H,15,19)(H,17,18). The molecule has 2 amide bonds. The zero-order valence-electron chi connectivity index (χ0n) is 9.76. The monoisotopic (exact) mass is 279 g/mol. The van der Waals surface area contributed by atoms with E-state index in [9.17, 15) is 9.59 Å². The first-order valence-corrected chi connectivity index (χ1v) is 5.87. The average Bonchev–Trinajstić information content (AvgIpc) is 2.29. The van der Waals surface area contributed by atoms with E-state index >= 15 is 0 Å². The Kier molecular flexibility index (Phi) is 3.58. The Bertz CT molecular complexity index is 576. The van der Waals surface area contributed by atoms with E-state index in [1.165, 1.54) is 23.1 Å². The van der Waals surface area contributed by atoms with Gasteiger partial charge in [-0.2, -0.15) is 5.26 Å². The van der Waals surface area contributed by atoms with Crippen molar-refractivity contribution in [3.05, 3.63) is 28.8 Å². The van der Waals surface area contributed by atoms with Crippen molar-refractivity contribution in [1.82, 2.24) is 4.90 Å². The van der Waals surface area contributed by atoms with Crippen molar-refractivity contribution in [3.8, 4) is 6.07 Å². The molecule has 6 nitrogen and oxygen atoms in total. The SMILES string of the molecule is N#Cc1ccc(NC(=O)N2CC(C(=O)O)C2)c(Cl)c1. The number of amides is 2. The Morgan fingerprint density at radius 2 is 2.16 bits per heavy atom. The molecule has 1 heterocycles. The minimum Gasteiger partial charge on any atom is -0.481 e. The highest BCUT2D eigenvalue weighted by atomic mass is 35.5. The molecule has 0 unspecified atom stereocenters. The molecular weight excluding hydrogens is 270 g/mol. The minimum atomic E-state index is -0.902. The van der Waals surface area contributed by atoms with Crippen molar-refractivity contribution >= 4 is 29.3 Å². The molecular formula is C12H10ClN3O3. The summed E-state index contributed by atoms with van der Waals surface area (Å²) in [6, 6.07) is 6.07. The van der Waals surface area contributed by atoms with Gasteiger partial charge in [-0.3, -0.25) is 4.79 Å².